The third kappa shape index (κ3) is 6.33. The number of carbonyl (C=O) groups is 1. The van der Waals surface area contributed by atoms with E-state index in [4.69, 9.17) is 4.74 Å². The third-order valence-electron chi connectivity index (χ3n) is 5.47. The predicted octanol–water partition coefficient (Wildman–Crippen LogP) is 4.66. The van der Waals surface area contributed by atoms with Gasteiger partial charge in [-0.25, -0.2) is 0 Å². The van der Waals surface area contributed by atoms with Gasteiger partial charge < -0.3 is 10.1 Å². The third-order valence-corrected chi connectivity index (χ3v) is 5.47. The quantitative estimate of drug-likeness (QED) is 0.742. The summed E-state index contributed by atoms with van der Waals surface area (Å²) >= 11 is 0. The maximum Gasteiger partial charge on any atom is 0.261 e. The Labute approximate surface area is 175 Å². The van der Waals surface area contributed by atoms with Crippen molar-refractivity contribution in [1.29, 1.82) is 0 Å². The van der Waals surface area contributed by atoms with Crippen LogP contribution in [0.25, 0.3) is 0 Å². The van der Waals surface area contributed by atoms with Crippen LogP contribution in [0.2, 0.25) is 0 Å². The van der Waals surface area contributed by atoms with Crippen LogP contribution in [0, 0.1) is 0 Å². The number of carbonyl (C=O) groups excluding carboxylic acids is 1. The van der Waals surface area contributed by atoms with Crippen molar-refractivity contribution in [3.8, 4) is 5.75 Å². The molecule has 0 unspecified atom stereocenters. The van der Waals surface area contributed by atoms with Crippen molar-refractivity contribution < 1.29 is 9.53 Å². The van der Waals surface area contributed by atoms with Crippen molar-refractivity contribution in [1.82, 2.24) is 10.2 Å². The van der Waals surface area contributed by atoms with Crippen LogP contribution in [-0.4, -0.2) is 30.0 Å². The number of rotatable bonds is 7. The lowest BCUT2D eigenvalue weighted by Crippen LogP contribution is -2.35. The van der Waals surface area contributed by atoms with Gasteiger partial charge in [-0.1, -0.05) is 57.2 Å². The number of amides is 1. The van der Waals surface area contributed by atoms with Gasteiger partial charge in [0.1, 0.15) is 5.75 Å². The number of nitrogens with zero attached hydrogens (tertiary/aromatic N) is 1. The van der Waals surface area contributed by atoms with Crippen molar-refractivity contribution in [2.24, 2.45) is 0 Å². The minimum atomic E-state index is -0.539. The van der Waals surface area contributed by atoms with Gasteiger partial charge in [-0.15, -0.1) is 0 Å². The zero-order chi connectivity index (χ0) is 20.9. The molecule has 156 valence electrons. The molecule has 0 aromatic heterocycles. The van der Waals surface area contributed by atoms with Gasteiger partial charge in [-0.05, 0) is 67.1 Å². The highest BCUT2D eigenvalue weighted by Gasteiger charge is 2.17. The lowest BCUT2D eigenvalue weighted by Gasteiger charge is -2.20. The molecule has 29 heavy (non-hydrogen) atoms. The first kappa shape index (κ1) is 21.4. The van der Waals surface area contributed by atoms with Gasteiger partial charge in [0, 0.05) is 13.1 Å². The van der Waals surface area contributed by atoms with E-state index in [0.29, 0.717) is 12.3 Å². The maximum atomic E-state index is 12.5. The number of ether oxygens (including phenoxy) is 1. The van der Waals surface area contributed by atoms with Gasteiger partial charge in [-0.2, -0.15) is 0 Å². The Bertz CT molecular complexity index is 802. The average Bonchev–Trinajstić information content (AvgIpc) is 3.19. The molecule has 1 atom stereocenters. The van der Waals surface area contributed by atoms with Crippen molar-refractivity contribution >= 4 is 5.91 Å². The van der Waals surface area contributed by atoms with E-state index in [1.54, 1.807) is 6.92 Å². The Morgan fingerprint density at radius 3 is 2.38 bits per heavy atom. The van der Waals surface area contributed by atoms with E-state index >= 15 is 0 Å². The summed E-state index contributed by atoms with van der Waals surface area (Å²) in [4.78, 5) is 15.0. The second-order valence-electron chi connectivity index (χ2n) is 9.06. The average molecular weight is 395 g/mol. The van der Waals surface area contributed by atoms with E-state index in [0.717, 1.165) is 12.1 Å². The molecule has 0 aliphatic carbocycles. The summed E-state index contributed by atoms with van der Waals surface area (Å²) in [6, 6.07) is 16.5. The molecule has 1 saturated heterocycles. The normalized spacial score (nSPS) is 15.9. The fraction of sp³-hybridized carbons (Fsp3) is 0.480. The summed E-state index contributed by atoms with van der Waals surface area (Å²) in [7, 11) is 0. The SMILES string of the molecule is C[C@H](Oc1ccc(C(C)(C)C)cc1)C(=O)NCc1cccc(CN2CCCC2)c1. The van der Waals surface area contributed by atoms with Gasteiger partial charge in [-0.3, -0.25) is 9.69 Å². The Morgan fingerprint density at radius 1 is 1.07 bits per heavy atom. The highest BCUT2D eigenvalue weighted by molar-refractivity contribution is 5.80. The standard InChI is InChI=1S/C25H34N2O2/c1-19(29-23-12-10-22(11-13-23)25(2,3)4)24(28)26-17-20-8-7-9-21(16-20)18-27-14-5-6-15-27/h7-13,16,19H,5-6,14-15,17-18H2,1-4H3,(H,26,28)/t19-/m0/s1. The van der Waals surface area contributed by atoms with Crippen molar-refractivity contribution in [2.45, 2.75) is 65.1 Å². The molecule has 3 rings (SSSR count). The van der Waals surface area contributed by atoms with Crippen LogP contribution in [0.5, 0.6) is 5.75 Å². The van der Waals surface area contributed by atoms with E-state index in [-0.39, 0.29) is 11.3 Å². The fourth-order valence-corrected chi connectivity index (χ4v) is 3.66. The first-order valence-corrected chi connectivity index (χ1v) is 10.7. The largest absolute Gasteiger partial charge is 0.481 e. The summed E-state index contributed by atoms with van der Waals surface area (Å²) in [6.45, 7) is 12.2. The van der Waals surface area contributed by atoms with Crippen LogP contribution in [0.4, 0.5) is 0 Å². The molecular weight excluding hydrogens is 360 g/mol. The molecule has 4 heteroatoms. The molecular formula is C25H34N2O2. The fourth-order valence-electron chi connectivity index (χ4n) is 3.66. The lowest BCUT2D eigenvalue weighted by atomic mass is 9.87. The van der Waals surface area contributed by atoms with Crippen molar-refractivity contribution in [2.75, 3.05) is 13.1 Å². The van der Waals surface area contributed by atoms with E-state index in [9.17, 15) is 4.79 Å². The smallest absolute Gasteiger partial charge is 0.261 e. The molecule has 1 aliphatic heterocycles. The van der Waals surface area contributed by atoms with Crippen LogP contribution in [0.3, 0.4) is 0 Å². The van der Waals surface area contributed by atoms with Crippen LogP contribution < -0.4 is 10.1 Å². The molecule has 1 fully saturated rings. The van der Waals surface area contributed by atoms with E-state index < -0.39 is 6.10 Å². The van der Waals surface area contributed by atoms with E-state index in [1.165, 1.54) is 37.1 Å². The van der Waals surface area contributed by atoms with Gasteiger partial charge in [0.05, 0.1) is 0 Å². The Kier molecular flexibility index (Phi) is 6.96. The molecule has 1 amide bonds. The summed E-state index contributed by atoms with van der Waals surface area (Å²) in [5.74, 6) is 0.614. The lowest BCUT2D eigenvalue weighted by molar-refractivity contribution is -0.127. The molecule has 0 saturated carbocycles. The highest BCUT2D eigenvalue weighted by Crippen LogP contribution is 2.24. The molecule has 4 nitrogen and oxygen atoms in total. The molecule has 1 N–H and O–H groups in total. The zero-order valence-corrected chi connectivity index (χ0v) is 18.2. The van der Waals surface area contributed by atoms with Crippen LogP contribution >= 0.6 is 0 Å². The number of likely N-dealkylation sites (tertiary alicyclic amines) is 1. The van der Waals surface area contributed by atoms with Crippen molar-refractivity contribution in [3.63, 3.8) is 0 Å². The van der Waals surface area contributed by atoms with Gasteiger partial charge in [0.25, 0.3) is 5.91 Å². The molecule has 2 aromatic carbocycles. The first-order valence-electron chi connectivity index (χ1n) is 10.7. The summed E-state index contributed by atoms with van der Waals surface area (Å²) < 4.78 is 5.83. The van der Waals surface area contributed by atoms with Gasteiger partial charge in [0.2, 0.25) is 0 Å². The van der Waals surface area contributed by atoms with Crippen LogP contribution in [-0.2, 0) is 23.3 Å². The van der Waals surface area contributed by atoms with Crippen molar-refractivity contribution in [3.05, 3.63) is 65.2 Å². The zero-order valence-electron chi connectivity index (χ0n) is 18.2. The summed E-state index contributed by atoms with van der Waals surface area (Å²) in [5.41, 5.74) is 3.78. The van der Waals surface area contributed by atoms with Crippen LogP contribution in [0.1, 0.15) is 57.2 Å². The number of nitrogens with one attached hydrogen (secondary N) is 1. The monoisotopic (exact) mass is 394 g/mol. The second kappa shape index (κ2) is 9.45. The predicted molar refractivity (Wildman–Crippen MR) is 118 cm³/mol. The minimum absolute atomic E-state index is 0.102. The Hall–Kier alpha value is -2.33. The molecule has 0 spiro atoms. The Balaban J connectivity index is 1.49. The maximum absolute atomic E-state index is 12.5. The molecule has 0 radical (unpaired) electrons. The molecule has 2 aromatic rings. The number of benzene rings is 2. The Morgan fingerprint density at radius 2 is 1.72 bits per heavy atom. The van der Waals surface area contributed by atoms with E-state index in [1.807, 2.05) is 12.1 Å². The number of hydrogen-bond acceptors (Lipinski definition) is 3. The summed E-state index contributed by atoms with van der Waals surface area (Å²) in [5, 5.41) is 3.00. The minimum Gasteiger partial charge on any atom is -0.481 e. The first-order chi connectivity index (χ1) is 13.8. The highest BCUT2D eigenvalue weighted by atomic mass is 16.5. The molecule has 1 heterocycles. The molecule has 1 aliphatic rings. The number of hydrogen-bond donors (Lipinski definition) is 1. The summed E-state index contributed by atoms with van der Waals surface area (Å²) in [6.07, 6.45) is 2.06. The van der Waals surface area contributed by atoms with Gasteiger partial charge in [0.15, 0.2) is 6.10 Å². The topological polar surface area (TPSA) is 41.6 Å². The van der Waals surface area contributed by atoms with Crippen LogP contribution in [0.15, 0.2) is 48.5 Å². The second-order valence-corrected chi connectivity index (χ2v) is 9.06. The van der Waals surface area contributed by atoms with Gasteiger partial charge >= 0.3 is 0 Å². The molecule has 0 bridgehead atoms. The van der Waals surface area contributed by atoms with E-state index in [2.05, 4.69) is 67.4 Å².